The Hall–Kier alpha value is -2.24. The zero-order valence-electron chi connectivity index (χ0n) is 12.8. The number of nitrogens with one attached hydrogen (secondary N) is 1. The number of nitrogens with zero attached hydrogens (tertiary/aromatic N) is 2. The van der Waals surface area contributed by atoms with Crippen molar-refractivity contribution in [2.45, 2.75) is 12.6 Å². The van der Waals surface area contributed by atoms with Crippen LogP contribution in [0, 0.1) is 5.41 Å². The number of para-hydroxylation sites is 3. The largest absolute Gasteiger partial charge is 0.491 e. The van der Waals surface area contributed by atoms with Crippen molar-refractivity contribution in [2.75, 3.05) is 6.61 Å². The summed E-state index contributed by atoms with van der Waals surface area (Å²) in [5, 5.41) is 18.4. The van der Waals surface area contributed by atoms with E-state index in [2.05, 4.69) is 0 Å². The molecule has 0 amide bonds. The van der Waals surface area contributed by atoms with Gasteiger partial charge in [0.15, 0.2) is 0 Å². The Balaban J connectivity index is 0.00000192. The molecule has 0 spiro atoms. The molecule has 0 aliphatic carbocycles. The molecule has 2 aromatic carbocycles. The number of aliphatic hydroxyl groups excluding tert-OH is 1. The first-order valence-electron chi connectivity index (χ1n) is 7.21. The van der Waals surface area contributed by atoms with Gasteiger partial charge in [-0.05, 0) is 24.3 Å². The molecule has 3 aromatic rings. The predicted molar refractivity (Wildman–Crippen MR) is 92.0 cm³/mol. The SMILES string of the molecule is Cl.Cn1c(=N)n(CC(O)COc2ccccc2)c2ccccc21. The van der Waals surface area contributed by atoms with Gasteiger partial charge in [0.25, 0.3) is 0 Å². The summed E-state index contributed by atoms with van der Waals surface area (Å²) in [5.74, 6) is 0.732. The highest BCUT2D eigenvalue weighted by Gasteiger charge is 2.12. The molecule has 0 aliphatic heterocycles. The molecular formula is C17H20ClN3O2. The van der Waals surface area contributed by atoms with E-state index in [9.17, 15) is 5.11 Å². The molecule has 6 heteroatoms. The third-order valence-electron chi connectivity index (χ3n) is 3.69. The second kappa shape index (κ2) is 7.35. The number of rotatable bonds is 5. The van der Waals surface area contributed by atoms with Crippen molar-refractivity contribution in [1.29, 1.82) is 5.41 Å². The van der Waals surface area contributed by atoms with Crippen molar-refractivity contribution in [2.24, 2.45) is 7.05 Å². The van der Waals surface area contributed by atoms with Crippen LogP contribution >= 0.6 is 12.4 Å². The van der Waals surface area contributed by atoms with Gasteiger partial charge in [-0.3, -0.25) is 5.41 Å². The van der Waals surface area contributed by atoms with E-state index in [4.69, 9.17) is 10.1 Å². The van der Waals surface area contributed by atoms with Crippen LogP contribution in [-0.2, 0) is 13.6 Å². The van der Waals surface area contributed by atoms with Crippen molar-refractivity contribution in [1.82, 2.24) is 9.13 Å². The maximum absolute atomic E-state index is 10.2. The fourth-order valence-corrected chi connectivity index (χ4v) is 2.54. The standard InChI is InChI=1S/C17H19N3O2.ClH/c1-19-15-9-5-6-10-16(15)20(17(19)18)11-13(21)12-22-14-7-3-2-4-8-14;/h2-10,13,18,21H,11-12H2,1H3;1H. The quantitative estimate of drug-likeness (QED) is 0.752. The van der Waals surface area contributed by atoms with Gasteiger partial charge in [0.05, 0.1) is 17.6 Å². The molecule has 1 heterocycles. The summed E-state index contributed by atoms with van der Waals surface area (Å²) < 4.78 is 9.17. The van der Waals surface area contributed by atoms with E-state index in [1.807, 2.05) is 61.6 Å². The van der Waals surface area contributed by atoms with Gasteiger partial charge >= 0.3 is 0 Å². The Kier molecular flexibility index (Phi) is 5.47. The number of aryl methyl sites for hydroxylation is 1. The van der Waals surface area contributed by atoms with Crippen LogP contribution in [0.2, 0.25) is 0 Å². The molecule has 2 N–H and O–H groups in total. The maximum Gasteiger partial charge on any atom is 0.202 e. The molecule has 23 heavy (non-hydrogen) atoms. The molecule has 1 atom stereocenters. The number of benzene rings is 2. The minimum atomic E-state index is -0.680. The summed E-state index contributed by atoms with van der Waals surface area (Å²) in [5.41, 5.74) is 2.28. The summed E-state index contributed by atoms with van der Waals surface area (Å²) in [6, 6.07) is 17.2. The van der Waals surface area contributed by atoms with E-state index in [0.717, 1.165) is 16.8 Å². The third-order valence-corrected chi connectivity index (χ3v) is 3.69. The first kappa shape index (κ1) is 17.1. The number of hydrogen-bond acceptors (Lipinski definition) is 3. The summed E-state index contributed by atoms with van der Waals surface area (Å²) in [4.78, 5) is 0. The lowest BCUT2D eigenvalue weighted by molar-refractivity contribution is 0.0921. The van der Waals surface area contributed by atoms with E-state index < -0.39 is 6.10 Å². The highest BCUT2D eigenvalue weighted by molar-refractivity contribution is 5.85. The van der Waals surface area contributed by atoms with Gasteiger partial charge in [-0.25, -0.2) is 0 Å². The minimum Gasteiger partial charge on any atom is -0.491 e. The van der Waals surface area contributed by atoms with Crippen LogP contribution in [0.4, 0.5) is 0 Å². The smallest absolute Gasteiger partial charge is 0.202 e. The lowest BCUT2D eigenvalue weighted by Gasteiger charge is -2.13. The zero-order chi connectivity index (χ0) is 15.5. The van der Waals surface area contributed by atoms with Crippen LogP contribution in [0.15, 0.2) is 54.6 Å². The van der Waals surface area contributed by atoms with Gasteiger partial charge in [-0.15, -0.1) is 12.4 Å². The van der Waals surface area contributed by atoms with Gasteiger partial charge in [0.2, 0.25) is 5.62 Å². The molecule has 0 fully saturated rings. The molecule has 3 rings (SSSR count). The van der Waals surface area contributed by atoms with Crippen LogP contribution < -0.4 is 10.4 Å². The molecule has 1 aromatic heterocycles. The molecule has 0 aliphatic rings. The second-order valence-corrected chi connectivity index (χ2v) is 5.26. The molecule has 0 saturated heterocycles. The van der Waals surface area contributed by atoms with Gasteiger partial charge in [0, 0.05) is 7.05 Å². The van der Waals surface area contributed by atoms with Crippen molar-refractivity contribution in [3.05, 3.63) is 60.2 Å². The van der Waals surface area contributed by atoms with Gasteiger partial charge in [-0.1, -0.05) is 30.3 Å². The van der Waals surface area contributed by atoms with Crippen LogP contribution in [0.25, 0.3) is 11.0 Å². The van der Waals surface area contributed by atoms with E-state index in [0.29, 0.717) is 12.2 Å². The van der Waals surface area contributed by atoms with Gasteiger partial charge < -0.3 is 19.0 Å². The summed E-state index contributed by atoms with van der Waals surface area (Å²) in [7, 11) is 1.86. The lowest BCUT2D eigenvalue weighted by Crippen LogP contribution is -2.30. The summed E-state index contributed by atoms with van der Waals surface area (Å²) in [6.45, 7) is 0.521. The van der Waals surface area contributed by atoms with E-state index in [1.54, 1.807) is 9.13 Å². The van der Waals surface area contributed by atoms with Crippen molar-refractivity contribution in [3.63, 3.8) is 0 Å². The average molecular weight is 334 g/mol. The van der Waals surface area contributed by atoms with E-state index >= 15 is 0 Å². The first-order chi connectivity index (χ1) is 10.7. The van der Waals surface area contributed by atoms with Crippen LogP contribution in [0.5, 0.6) is 5.75 Å². The number of aromatic nitrogens is 2. The number of halogens is 1. The van der Waals surface area contributed by atoms with Crippen LogP contribution in [0.3, 0.4) is 0 Å². The summed E-state index contributed by atoms with van der Waals surface area (Å²) in [6.07, 6.45) is -0.680. The van der Waals surface area contributed by atoms with Gasteiger partial charge in [0.1, 0.15) is 18.5 Å². The molecule has 0 radical (unpaired) electrons. The minimum absolute atomic E-state index is 0. The molecule has 122 valence electrons. The fourth-order valence-electron chi connectivity index (χ4n) is 2.54. The number of ether oxygens (including phenoxy) is 1. The van der Waals surface area contributed by atoms with Crippen LogP contribution in [-0.4, -0.2) is 27.0 Å². The van der Waals surface area contributed by atoms with Gasteiger partial charge in [-0.2, -0.15) is 0 Å². The Morgan fingerprint density at radius 3 is 2.35 bits per heavy atom. The molecule has 5 nitrogen and oxygen atoms in total. The first-order valence-corrected chi connectivity index (χ1v) is 7.21. The van der Waals surface area contributed by atoms with Crippen LogP contribution in [0.1, 0.15) is 0 Å². The number of hydrogen-bond donors (Lipinski definition) is 2. The normalized spacial score (nSPS) is 11.9. The Labute approximate surface area is 140 Å². The topological polar surface area (TPSA) is 63.2 Å². The fraction of sp³-hybridized carbons (Fsp3) is 0.235. The average Bonchev–Trinajstić information content (AvgIpc) is 2.79. The lowest BCUT2D eigenvalue weighted by atomic mass is 10.3. The van der Waals surface area contributed by atoms with E-state index in [1.165, 1.54) is 0 Å². The van der Waals surface area contributed by atoms with Crippen molar-refractivity contribution >= 4 is 23.4 Å². The molecule has 0 saturated carbocycles. The number of aliphatic hydroxyl groups is 1. The Bertz CT molecular complexity index is 827. The Morgan fingerprint density at radius 1 is 1.04 bits per heavy atom. The van der Waals surface area contributed by atoms with E-state index in [-0.39, 0.29) is 19.0 Å². The monoisotopic (exact) mass is 333 g/mol. The highest BCUT2D eigenvalue weighted by Crippen LogP contribution is 2.13. The number of fused-ring (bicyclic) bond motifs is 1. The zero-order valence-corrected chi connectivity index (χ0v) is 13.7. The molecule has 0 bridgehead atoms. The number of imidazole rings is 1. The Morgan fingerprint density at radius 2 is 1.65 bits per heavy atom. The second-order valence-electron chi connectivity index (χ2n) is 5.26. The molecular weight excluding hydrogens is 314 g/mol. The predicted octanol–water partition coefficient (Wildman–Crippen LogP) is 2.32. The van der Waals surface area contributed by atoms with Crippen molar-refractivity contribution in [3.8, 4) is 5.75 Å². The van der Waals surface area contributed by atoms with Crippen molar-refractivity contribution < 1.29 is 9.84 Å². The molecule has 1 unspecified atom stereocenters. The maximum atomic E-state index is 10.2. The third kappa shape index (κ3) is 3.57. The highest BCUT2D eigenvalue weighted by atomic mass is 35.5. The summed E-state index contributed by atoms with van der Waals surface area (Å²) >= 11 is 0.